The molecule has 0 aliphatic heterocycles. The van der Waals surface area contributed by atoms with E-state index in [1.807, 2.05) is 55.1 Å². The highest BCUT2D eigenvalue weighted by Gasteiger charge is 2.10. The average Bonchev–Trinajstić information content (AvgIpc) is 3.33. The zero-order chi connectivity index (χ0) is 20.6. The molecule has 2 aromatic heterocycles. The molecule has 0 saturated heterocycles. The predicted octanol–water partition coefficient (Wildman–Crippen LogP) is 3.73. The van der Waals surface area contributed by atoms with Gasteiger partial charge in [-0.05, 0) is 43.7 Å². The monoisotopic (exact) mass is 523 g/mol. The van der Waals surface area contributed by atoms with Gasteiger partial charge in [-0.1, -0.05) is 12.1 Å². The minimum Gasteiger partial charge on any atom is -0.497 e. The molecule has 3 aromatic rings. The maximum absolute atomic E-state index is 5.41. The van der Waals surface area contributed by atoms with E-state index in [1.54, 1.807) is 13.4 Å². The van der Waals surface area contributed by atoms with Gasteiger partial charge in [0.2, 0.25) is 0 Å². The van der Waals surface area contributed by atoms with Crippen LogP contribution in [-0.4, -0.2) is 29.4 Å². The molecule has 0 spiro atoms. The second kappa shape index (κ2) is 11.6. The maximum atomic E-state index is 5.41. The van der Waals surface area contributed by atoms with Gasteiger partial charge < -0.3 is 19.8 Å². The third-order valence-corrected chi connectivity index (χ3v) is 4.91. The smallest absolute Gasteiger partial charge is 0.191 e. The van der Waals surface area contributed by atoms with Crippen LogP contribution in [0.3, 0.4) is 0 Å². The van der Waals surface area contributed by atoms with Crippen molar-refractivity contribution in [2.75, 3.05) is 13.7 Å². The molecule has 3 rings (SSSR count). The van der Waals surface area contributed by atoms with Crippen molar-refractivity contribution < 1.29 is 9.15 Å². The lowest BCUT2D eigenvalue weighted by molar-refractivity contribution is 0.414. The Morgan fingerprint density at radius 2 is 1.93 bits per heavy atom. The van der Waals surface area contributed by atoms with E-state index < -0.39 is 0 Å². The number of aromatic nitrogens is 2. The number of rotatable bonds is 8. The van der Waals surface area contributed by atoms with Crippen LogP contribution in [0, 0.1) is 13.8 Å². The highest BCUT2D eigenvalue weighted by atomic mass is 127. The van der Waals surface area contributed by atoms with Gasteiger partial charge in [-0.3, -0.25) is 4.68 Å². The first-order chi connectivity index (χ1) is 14.1. The molecule has 7 nitrogen and oxygen atoms in total. The van der Waals surface area contributed by atoms with Gasteiger partial charge in [0.05, 0.1) is 25.6 Å². The van der Waals surface area contributed by atoms with Crippen LogP contribution in [-0.2, 0) is 26.6 Å². The number of hydrogen-bond acceptors (Lipinski definition) is 4. The van der Waals surface area contributed by atoms with Crippen molar-refractivity contribution >= 4 is 29.9 Å². The third kappa shape index (κ3) is 6.51. The summed E-state index contributed by atoms with van der Waals surface area (Å²) in [6.45, 7) is 6.08. The lowest BCUT2D eigenvalue weighted by Gasteiger charge is -2.13. The highest BCUT2D eigenvalue weighted by Crippen LogP contribution is 2.13. The number of ether oxygens (including phenoxy) is 1. The van der Waals surface area contributed by atoms with Crippen molar-refractivity contribution in [1.82, 2.24) is 20.4 Å². The highest BCUT2D eigenvalue weighted by molar-refractivity contribution is 14.0. The van der Waals surface area contributed by atoms with Gasteiger partial charge in [0.25, 0.3) is 0 Å². The van der Waals surface area contributed by atoms with Gasteiger partial charge >= 0.3 is 0 Å². The Bertz CT molecular complexity index is 933. The summed E-state index contributed by atoms with van der Waals surface area (Å²) in [7, 11) is 3.63. The van der Waals surface area contributed by atoms with E-state index in [-0.39, 0.29) is 24.0 Å². The predicted molar refractivity (Wildman–Crippen MR) is 129 cm³/mol. The van der Waals surface area contributed by atoms with E-state index in [0.29, 0.717) is 13.1 Å². The molecule has 0 fully saturated rings. The van der Waals surface area contributed by atoms with Gasteiger partial charge in [-0.2, -0.15) is 5.10 Å². The van der Waals surface area contributed by atoms with Gasteiger partial charge in [-0.25, -0.2) is 4.99 Å². The molecular formula is C22H30IN5O2. The molecule has 30 heavy (non-hydrogen) atoms. The van der Waals surface area contributed by atoms with Crippen LogP contribution in [0.5, 0.6) is 5.75 Å². The Labute approximate surface area is 194 Å². The zero-order valence-corrected chi connectivity index (χ0v) is 20.3. The normalized spacial score (nSPS) is 11.1. The van der Waals surface area contributed by atoms with Crippen molar-refractivity contribution in [2.24, 2.45) is 12.0 Å². The summed E-state index contributed by atoms with van der Waals surface area (Å²) in [5.74, 6) is 2.55. The van der Waals surface area contributed by atoms with E-state index in [0.717, 1.165) is 47.4 Å². The largest absolute Gasteiger partial charge is 0.497 e. The standard InChI is InChI=1S/C22H29N5O2.HI/c1-16-21(17(2)27(3)26-16)15-25-22(23-12-11-20-6-5-13-29-20)24-14-18-7-9-19(28-4)10-8-18;/h5-10,13H,11-12,14-15H2,1-4H3,(H2,23,24,25);1H. The molecule has 0 aliphatic rings. The molecule has 0 atom stereocenters. The Morgan fingerprint density at radius 3 is 2.53 bits per heavy atom. The number of aliphatic imine (C=N–C) groups is 1. The molecule has 0 saturated carbocycles. The van der Waals surface area contributed by atoms with E-state index in [2.05, 4.69) is 22.7 Å². The number of hydrogen-bond donors (Lipinski definition) is 2. The topological polar surface area (TPSA) is 76.6 Å². The maximum Gasteiger partial charge on any atom is 0.191 e. The van der Waals surface area contributed by atoms with Crippen LogP contribution < -0.4 is 15.4 Å². The minimum atomic E-state index is 0. The van der Waals surface area contributed by atoms with Gasteiger partial charge in [-0.15, -0.1) is 24.0 Å². The third-order valence-electron chi connectivity index (χ3n) is 4.91. The second-order valence-corrected chi connectivity index (χ2v) is 6.90. The van der Waals surface area contributed by atoms with Crippen molar-refractivity contribution in [3.05, 3.63) is 70.9 Å². The van der Waals surface area contributed by atoms with Gasteiger partial charge in [0.15, 0.2) is 5.96 Å². The number of aryl methyl sites for hydroxylation is 2. The first kappa shape index (κ1) is 23.8. The van der Waals surface area contributed by atoms with Crippen molar-refractivity contribution in [3.63, 3.8) is 0 Å². The minimum absolute atomic E-state index is 0. The fourth-order valence-electron chi connectivity index (χ4n) is 3.08. The number of furan rings is 1. The number of nitrogens with one attached hydrogen (secondary N) is 2. The van der Waals surface area contributed by atoms with Crippen molar-refractivity contribution in [3.8, 4) is 5.75 Å². The summed E-state index contributed by atoms with van der Waals surface area (Å²) < 4.78 is 12.5. The summed E-state index contributed by atoms with van der Waals surface area (Å²) in [4.78, 5) is 4.75. The summed E-state index contributed by atoms with van der Waals surface area (Å²) in [6.07, 6.45) is 2.49. The molecule has 1 aromatic carbocycles. The quantitative estimate of drug-likeness (QED) is 0.268. The number of benzene rings is 1. The summed E-state index contributed by atoms with van der Waals surface area (Å²) in [5, 5.41) is 11.3. The Balaban J connectivity index is 0.00000320. The Kier molecular flexibility index (Phi) is 9.22. The molecule has 0 amide bonds. The average molecular weight is 523 g/mol. The van der Waals surface area contributed by atoms with E-state index in [4.69, 9.17) is 14.1 Å². The number of guanidine groups is 1. The van der Waals surface area contributed by atoms with E-state index in [1.165, 1.54) is 5.56 Å². The Hall–Kier alpha value is -2.49. The first-order valence-corrected chi connectivity index (χ1v) is 9.73. The zero-order valence-electron chi connectivity index (χ0n) is 17.9. The second-order valence-electron chi connectivity index (χ2n) is 6.90. The first-order valence-electron chi connectivity index (χ1n) is 9.73. The van der Waals surface area contributed by atoms with Crippen LogP contribution >= 0.6 is 24.0 Å². The molecule has 0 radical (unpaired) electrons. The van der Waals surface area contributed by atoms with Crippen LogP contribution in [0.25, 0.3) is 0 Å². The number of halogens is 1. The van der Waals surface area contributed by atoms with E-state index >= 15 is 0 Å². The lowest BCUT2D eigenvalue weighted by atomic mass is 10.2. The molecule has 0 bridgehead atoms. The molecular weight excluding hydrogens is 493 g/mol. The molecule has 0 unspecified atom stereocenters. The Morgan fingerprint density at radius 1 is 1.17 bits per heavy atom. The molecule has 2 N–H and O–H groups in total. The van der Waals surface area contributed by atoms with Crippen molar-refractivity contribution in [2.45, 2.75) is 33.4 Å². The van der Waals surface area contributed by atoms with E-state index in [9.17, 15) is 0 Å². The molecule has 8 heteroatoms. The van der Waals surface area contributed by atoms with Crippen LogP contribution in [0.1, 0.15) is 28.3 Å². The van der Waals surface area contributed by atoms with Crippen molar-refractivity contribution in [1.29, 1.82) is 0 Å². The summed E-state index contributed by atoms with van der Waals surface area (Å²) >= 11 is 0. The lowest BCUT2D eigenvalue weighted by Crippen LogP contribution is -2.38. The van der Waals surface area contributed by atoms with Gasteiger partial charge in [0, 0.05) is 37.8 Å². The fourth-order valence-corrected chi connectivity index (χ4v) is 3.08. The number of methoxy groups -OCH3 is 1. The number of nitrogens with zero attached hydrogens (tertiary/aromatic N) is 3. The molecule has 0 aliphatic carbocycles. The van der Waals surface area contributed by atoms with Gasteiger partial charge in [0.1, 0.15) is 11.5 Å². The SMILES string of the molecule is COc1ccc(CN=C(NCCc2ccco2)NCc2c(C)nn(C)c2C)cc1.I. The molecule has 2 heterocycles. The summed E-state index contributed by atoms with van der Waals surface area (Å²) in [5.41, 5.74) is 4.49. The van der Waals surface area contributed by atoms with Crippen LogP contribution in [0.2, 0.25) is 0 Å². The van der Waals surface area contributed by atoms with Crippen LogP contribution in [0.4, 0.5) is 0 Å². The molecule has 162 valence electrons. The fraction of sp³-hybridized carbons (Fsp3) is 0.364. The van der Waals surface area contributed by atoms with Crippen LogP contribution in [0.15, 0.2) is 52.1 Å². The summed E-state index contributed by atoms with van der Waals surface area (Å²) in [6, 6.07) is 11.8.